The molecule has 0 saturated carbocycles. The summed E-state index contributed by atoms with van der Waals surface area (Å²) in [4.78, 5) is 14.7. The number of nitrogens with zero attached hydrogens (tertiary/aromatic N) is 3. The van der Waals surface area contributed by atoms with Crippen LogP contribution in [0.4, 0.5) is 34.1 Å². The number of nitrogens with two attached hydrogens (primary N) is 2. The molecule has 1 amide bonds. The molecule has 5 aromatic carbocycles. The number of carbonyl (C=O) groups is 1. The fourth-order valence-corrected chi connectivity index (χ4v) is 5.62. The van der Waals surface area contributed by atoms with Crippen LogP contribution in [0.2, 0.25) is 0 Å². The Morgan fingerprint density at radius 2 is 1.29 bits per heavy atom. The van der Waals surface area contributed by atoms with Crippen molar-refractivity contribution in [3.05, 3.63) is 102 Å². The van der Waals surface area contributed by atoms with Gasteiger partial charge in [-0.3, -0.25) is 18.9 Å². The first-order valence-electron chi connectivity index (χ1n) is 13.2. The molecule has 5 rings (SSSR count). The fraction of sp³-hybridized carbons (Fsp3) is 0. The first kappa shape index (κ1) is 39.6. The minimum atomic E-state index is -5.11. The Labute approximate surface area is 323 Å². The summed E-state index contributed by atoms with van der Waals surface area (Å²) < 4.78 is 68.7. The average Bonchev–Trinajstić information content (AvgIpc) is 3.00. The van der Waals surface area contributed by atoms with Crippen LogP contribution < -0.4 is 86.1 Å². The van der Waals surface area contributed by atoms with Crippen LogP contribution in [0.25, 0.3) is 10.8 Å². The van der Waals surface area contributed by atoms with Gasteiger partial charge in [0.2, 0.25) is 0 Å². The van der Waals surface area contributed by atoms with Crippen molar-refractivity contribution < 1.29 is 100 Å². The van der Waals surface area contributed by atoms with Crippen LogP contribution in [0.1, 0.15) is 15.9 Å². The number of aliphatic imine (C=N–C) groups is 1. The van der Waals surface area contributed by atoms with Gasteiger partial charge in [0.05, 0.1) is 11.4 Å². The van der Waals surface area contributed by atoms with E-state index >= 15 is 0 Å². The Morgan fingerprint density at radius 3 is 1.86 bits per heavy atom. The van der Waals surface area contributed by atoms with E-state index in [4.69, 9.17) is 11.5 Å². The molecular formula is C30H22N6Na2O9S2. The minimum Gasteiger partial charge on any atom is -0.871 e. The summed E-state index contributed by atoms with van der Waals surface area (Å²) in [6.07, 6.45) is 0. The Morgan fingerprint density at radius 1 is 0.714 bits per heavy atom. The van der Waals surface area contributed by atoms with E-state index in [2.05, 4.69) is 20.5 Å². The minimum absolute atomic E-state index is 0. The van der Waals surface area contributed by atoms with Crippen molar-refractivity contribution in [2.75, 3.05) is 16.8 Å². The van der Waals surface area contributed by atoms with E-state index in [0.717, 1.165) is 18.2 Å². The van der Waals surface area contributed by atoms with E-state index in [-0.39, 0.29) is 92.4 Å². The van der Waals surface area contributed by atoms with Crippen LogP contribution in [0.3, 0.4) is 0 Å². The molecule has 0 saturated heterocycles. The monoisotopic (exact) mass is 720 g/mol. The van der Waals surface area contributed by atoms with Crippen LogP contribution in [0.5, 0.6) is 5.75 Å². The van der Waals surface area contributed by atoms with Gasteiger partial charge in [0, 0.05) is 22.6 Å². The molecule has 0 atom stereocenters. The van der Waals surface area contributed by atoms with Crippen molar-refractivity contribution in [3.8, 4) is 5.75 Å². The molecule has 0 spiro atoms. The van der Waals surface area contributed by atoms with E-state index in [1.54, 1.807) is 0 Å². The summed E-state index contributed by atoms with van der Waals surface area (Å²) in [5.41, 5.74) is 11.1. The number of nitrogen functional groups attached to an aromatic ring is 2. The Kier molecular flexibility index (Phi) is 12.7. The second-order valence-corrected chi connectivity index (χ2v) is 12.7. The normalized spacial score (nSPS) is 11.9. The maximum atomic E-state index is 13.4. The van der Waals surface area contributed by atoms with E-state index in [1.165, 1.54) is 72.8 Å². The van der Waals surface area contributed by atoms with Crippen LogP contribution in [0, 0.1) is 0 Å². The van der Waals surface area contributed by atoms with Gasteiger partial charge in [0.1, 0.15) is 15.5 Å². The summed E-state index contributed by atoms with van der Waals surface area (Å²) in [6, 6.07) is 19.6. The third-order valence-corrected chi connectivity index (χ3v) is 8.36. The number of nitrogens with one attached hydrogen (secondary N) is 1. The van der Waals surface area contributed by atoms with Gasteiger partial charge in [0.25, 0.3) is 26.1 Å². The largest absolute Gasteiger partial charge is 1.00 e. The zero-order valence-corrected chi connectivity index (χ0v) is 31.4. The molecule has 7 N–H and O–H groups in total. The molecule has 19 heteroatoms. The molecule has 0 bridgehead atoms. The first-order valence-corrected chi connectivity index (χ1v) is 16.1. The Hall–Kier alpha value is -3.88. The Bertz CT molecular complexity index is 2340. The molecule has 49 heavy (non-hydrogen) atoms. The number of carbonyl (C=O) groups excluding carboxylic acids is 1. The molecular weight excluding hydrogens is 698 g/mol. The molecule has 0 aliphatic heterocycles. The van der Waals surface area contributed by atoms with Gasteiger partial charge in [-0.05, 0) is 95.0 Å². The van der Waals surface area contributed by atoms with Crippen molar-refractivity contribution in [2.24, 2.45) is 15.2 Å². The third kappa shape index (κ3) is 9.43. The second kappa shape index (κ2) is 15.8. The first-order chi connectivity index (χ1) is 22.1. The molecule has 15 nitrogen and oxygen atoms in total. The molecule has 0 fully saturated rings. The number of hydrogen-bond acceptors (Lipinski definition) is 12. The summed E-state index contributed by atoms with van der Waals surface area (Å²) in [5, 5.41) is 35.6. The SMILES string of the molecule is Nc1ccc(C(=O)Nc2ccc(N=Nc3c(S(=O)(=O)O)cc4cc(N=C([O-])c5ccc(N)cc5)ccc4c3[O-])c(S(=O)(=O)O)c2)cc1.[Na+].[Na+]. The van der Waals surface area contributed by atoms with Gasteiger partial charge in [-0.1, -0.05) is 23.9 Å². The molecule has 0 aliphatic carbocycles. The second-order valence-electron chi connectivity index (χ2n) is 9.91. The van der Waals surface area contributed by atoms with E-state index < -0.39 is 59.0 Å². The maximum absolute atomic E-state index is 13.4. The number of hydrogen-bond donors (Lipinski definition) is 5. The third-order valence-electron chi connectivity index (χ3n) is 6.61. The number of amides is 1. The van der Waals surface area contributed by atoms with Crippen molar-refractivity contribution in [2.45, 2.75) is 9.79 Å². The maximum Gasteiger partial charge on any atom is 1.00 e. The summed E-state index contributed by atoms with van der Waals surface area (Å²) >= 11 is 0. The van der Waals surface area contributed by atoms with Gasteiger partial charge >= 0.3 is 59.1 Å². The fourth-order valence-electron chi connectivity index (χ4n) is 4.32. The van der Waals surface area contributed by atoms with Crippen LogP contribution in [-0.2, 0) is 20.2 Å². The molecule has 0 aliphatic rings. The predicted octanol–water partition coefficient (Wildman–Crippen LogP) is -2.31. The Balaban J connectivity index is 0.00000325. The molecule has 0 radical (unpaired) electrons. The molecule has 0 aromatic heterocycles. The van der Waals surface area contributed by atoms with Crippen LogP contribution in [0.15, 0.2) is 116 Å². The van der Waals surface area contributed by atoms with Gasteiger partial charge < -0.3 is 27.0 Å². The van der Waals surface area contributed by atoms with Crippen molar-refractivity contribution in [1.29, 1.82) is 0 Å². The summed E-state index contributed by atoms with van der Waals surface area (Å²) in [7, 11) is -10.1. The number of rotatable bonds is 8. The van der Waals surface area contributed by atoms with Gasteiger partial charge in [-0.25, -0.2) is 0 Å². The average molecular weight is 721 g/mol. The molecule has 5 aromatic rings. The van der Waals surface area contributed by atoms with E-state index in [0.29, 0.717) is 11.4 Å². The van der Waals surface area contributed by atoms with E-state index in [9.17, 15) is 40.9 Å². The quantitative estimate of drug-likeness (QED) is 0.0284. The standard InChI is InChI=1S/C30H24N6O9S2.2Na/c31-19-5-1-16(2-6-19)29(38)33-21-9-11-23-18(13-21)14-26(47(43,44)45)27(28(23)37)36-35-24-12-10-22(15-25(24)46(40,41)42)34-30(39)17-3-7-20(32)8-4-17;;/h1-15,37H,31-32H2,(H,33,38)(H,34,39)(H,40,41,42)(H,43,44,45);;/q;2*+1/p-2. The van der Waals surface area contributed by atoms with Gasteiger partial charge in [-0.2, -0.15) is 16.8 Å². The summed E-state index contributed by atoms with van der Waals surface area (Å²) in [5.74, 6) is -2.29. The molecule has 0 heterocycles. The smallest absolute Gasteiger partial charge is 0.871 e. The van der Waals surface area contributed by atoms with Crippen molar-refractivity contribution in [1.82, 2.24) is 0 Å². The van der Waals surface area contributed by atoms with Crippen LogP contribution >= 0.6 is 0 Å². The number of anilines is 3. The van der Waals surface area contributed by atoms with Gasteiger partial charge in [-0.15, -0.1) is 10.2 Å². The topological polar surface area (TPSA) is 273 Å². The predicted molar refractivity (Wildman–Crippen MR) is 170 cm³/mol. The number of azo groups is 1. The molecule has 0 unspecified atom stereocenters. The van der Waals surface area contributed by atoms with Crippen LogP contribution in [-0.4, -0.2) is 37.7 Å². The van der Waals surface area contributed by atoms with Gasteiger partial charge in [0.15, 0.2) is 0 Å². The molecule has 240 valence electrons. The van der Waals surface area contributed by atoms with Crippen molar-refractivity contribution in [3.63, 3.8) is 0 Å². The zero-order valence-electron chi connectivity index (χ0n) is 25.7. The van der Waals surface area contributed by atoms with Crippen molar-refractivity contribution >= 4 is 76.9 Å². The summed E-state index contributed by atoms with van der Waals surface area (Å²) in [6.45, 7) is 0. The zero-order chi connectivity index (χ0) is 34.1. The number of fused-ring (bicyclic) bond motifs is 1. The van der Waals surface area contributed by atoms with E-state index in [1.807, 2.05) is 0 Å². The number of benzene rings is 5.